The van der Waals surface area contributed by atoms with Gasteiger partial charge in [-0.25, -0.2) is 14.8 Å². The highest BCUT2D eigenvalue weighted by atomic mass is 32.1. The van der Waals surface area contributed by atoms with Crippen molar-refractivity contribution >= 4 is 23.1 Å². The lowest BCUT2D eigenvalue weighted by Gasteiger charge is -2.22. The lowest BCUT2D eigenvalue weighted by Crippen LogP contribution is -2.34. The van der Waals surface area contributed by atoms with E-state index in [1.165, 1.54) is 22.6 Å². The van der Waals surface area contributed by atoms with Crippen LogP contribution in [0.3, 0.4) is 0 Å². The van der Waals surface area contributed by atoms with Crippen molar-refractivity contribution in [3.05, 3.63) is 58.0 Å². The second-order valence-corrected chi connectivity index (χ2v) is 6.85. The average molecular weight is 369 g/mol. The number of benzene rings is 1. The van der Waals surface area contributed by atoms with Crippen molar-refractivity contribution in [2.24, 2.45) is 10.9 Å². The Balaban J connectivity index is 1.62. The molecule has 0 bridgehead atoms. The molecule has 4 rings (SSSR count). The largest absolute Gasteiger partial charge is 0.465 e. The average Bonchev–Trinajstić information content (AvgIpc) is 3.32. The van der Waals surface area contributed by atoms with Crippen molar-refractivity contribution in [2.75, 3.05) is 6.54 Å². The van der Waals surface area contributed by atoms with Crippen LogP contribution in [0.2, 0.25) is 0 Å². The first kappa shape index (κ1) is 16.3. The summed E-state index contributed by atoms with van der Waals surface area (Å²) >= 11 is 1.43. The zero-order valence-electron chi connectivity index (χ0n) is 13.6. The molecule has 0 atom stereocenters. The Morgan fingerprint density at radius 2 is 2.15 bits per heavy atom. The number of nitrogens with two attached hydrogens (primary N) is 1. The van der Waals surface area contributed by atoms with Gasteiger partial charge in [0.05, 0.1) is 18.4 Å². The van der Waals surface area contributed by atoms with Gasteiger partial charge in [-0.2, -0.15) is 5.10 Å². The van der Waals surface area contributed by atoms with Crippen LogP contribution in [0.25, 0.3) is 11.3 Å². The van der Waals surface area contributed by atoms with Crippen LogP contribution in [0.5, 0.6) is 0 Å². The van der Waals surface area contributed by atoms with Gasteiger partial charge in [0.1, 0.15) is 10.7 Å². The number of fused-ring (bicyclic) bond motifs is 1. The number of carboxylic acid groups (broad SMARTS) is 1. The maximum absolute atomic E-state index is 11.2. The first-order valence-corrected chi connectivity index (χ1v) is 8.71. The SMILES string of the molecule is N/N=C(/c1ccc(-c2cnco2)cc1)c1nc2c(s1)CN(C(=O)O)CC2. The predicted octanol–water partition coefficient (Wildman–Crippen LogP) is 2.55. The minimum Gasteiger partial charge on any atom is -0.465 e. The van der Waals surface area contributed by atoms with E-state index in [1.54, 1.807) is 6.20 Å². The Labute approximate surface area is 152 Å². The molecule has 26 heavy (non-hydrogen) atoms. The number of hydrogen-bond acceptors (Lipinski definition) is 7. The van der Waals surface area contributed by atoms with Gasteiger partial charge >= 0.3 is 6.09 Å². The van der Waals surface area contributed by atoms with E-state index in [2.05, 4.69) is 15.1 Å². The second-order valence-electron chi connectivity index (χ2n) is 5.76. The van der Waals surface area contributed by atoms with E-state index < -0.39 is 6.09 Å². The fraction of sp³-hybridized carbons (Fsp3) is 0.176. The second kappa shape index (κ2) is 6.60. The normalized spacial score (nSPS) is 14.3. The zero-order valence-corrected chi connectivity index (χ0v) is 14.4. The van der Waals surface area contributed by atoms with E-state index in [-0.39, 0.29) is 0 Å². The molecule has 0 unspecified atom stereocenters. The van der Waals surface area contributed by atoms with Gasteiger partial charge < -0.3 is 20.3 Å². The molecule has 0 fully saturated rings. The summed E-state index contributed by atoms with van der Waals surface area (Å²) in [5.74, 6) is 6.31. The first-order chi connectivity index (χ1) is 12.7. The molecule has 0 radical (unpaired) electrons. The van der Waals surface area contributed by atoms with E-state index in [9.17, 15) is 4.79 Å². The number of hydrogen-bond donors (Lipinski definition) is 2. The molecular weight excluding hydrogens is 354 g/mol. The van der Waals surface area contributed by atoms with Gasteiger partial charge in [0.2, 0.25) is 0 Å². The van der Waals surface area contributed by atoms with Crippen molar-refractivity contribution in [1.29, 1.82) is 0 Å². The van der Waals surface area contributed by atoms with Crippen LogP contribution < -0.4 is 5.84 Å². The van der Waals surface area contributed by atoms with Gasteiger partial charge in [-0.3, -0.25) is 0 Å². The minimum absolute atomic E-state index is 0.352. The number of aromatic nitrogens is 2. The highest BCUT2D eigenvalue weighted by Gasteiger charge is 2.25. The van der Waals surface area contributed by atoms with Crippen LogP contribution in [0.1, 0.15) is 21.1 Å². The fourth-order valence-electron chi connectivity index (χ4n) is 2.86. The summed E-state index contributed by atoms with van der Waals surface area (Å²) in [5, 5.41) is 13.8. The lowest BCUT2D eigenvalue weighted by molar-refractivity contribution is 0.140. The van der Waals surface area contributed by atoms with Crippen LogP contribution in [0.4, 0.5) is 4.79 Å². The third-order valence-electron chi connectivity index (χ3n) is 4.21. The zero-order chi connectivity index (χ0) is 18.1. The maximum atomic E-state index is 11.2. The van der Waals surface area contributed by atoms with Crippen molar-refractivity contribution in [3.63, 3.8) is 0 Å². The van der Waals surface area contributed by atoms with E-state index in [0.717, 1.165) is 21.7 Å². The molecule has 1 aliphatic rings. The van der Waals surface area contributed by atoms with Crippen LogP contribution in [-0.4, -0.2) is 38.3 Å². The number of nitrogens with zero attached hydrogens (tertiary/aromatic N) is 4. The number of hydrazone groups is 1. The monoisotopic (exact) mass is 369 g/mol. The molecule has 0 spiro atoms. The number of amides is 1. The van der Waals surface area contributed by atoms with Gasteiger partial charge in [0, 0.05) is 29.0 Å². The maximum Gasteiger partial charge on any atom is 0.407 e. The van der Waals surface area contributed by atoms with Gasteiger partial charge in [-0.1, -0.05) is 24.3 Å². The fourth-order valence-corrected chi connectivity index (χ4v) is 4.01. The van der Waals surface area contributed by atoms with Crippen molar-refractivity contribution in [2.45, 2.75) is 13.0 Å². The van der Waals surface area contributed by atoms with Gasteiger partial charge in [0.15, 0.2) is 12.2 Å². The number of oxazole rings is 1. The third kappa shape index (κ3) is 2.93. The van der Waals surface area contributed by atoms with E-state index in [1.807, 2.05) is 24.3 Å². The summed E-state index contributed by atoms with van der Waals surface area (Å²) in [4.78, 5) is 22.0. The van der Waals surface area contributed by atoms with Crippen molar-refractivity contribution in [3.8, 4) is 11.3 Å². The van der Waals surface area contributed by atoms with E-state index in [0.29, 0.717) is 36.0 Å². The summed E-state index contributed by atoms with van der Waals surface area (Å²) in [6.07, 6.45) is 2.72. The van der Waals surface area contributed by atoms with E-state index in [4.69, 9.17) is 15.4 Å². The van der Waals surface area contributed by atoms with Gasteiger partial charge in [0.25, 0.3) is 0 Å². The third-order valence-corrected chi connectivity index (χ3v) is 5.30. The Kier molecular flexibility index (Phi) is 4.13. The molecule has 132 valence electrons. The summed E-state index contributed by atoms with van der Waals surface area (Å²) < 4.78 is 5.29. The molecule has 3 N–H and O–H groups in total. The van der Waals surface area contributed by atoms with Crippen LogP contribution in [-0.2, 0) is 13.0 Å². The predicted molar refractivity (Wildman–Crippen MR) is 96.0 cm³/mol. The molecule has 0 saturated carbocycles. The molecule has 1 amide bonds. The number of carbonyl (C=O) groups is 1. The number of rotatable bonds is 3. The highest BCUT2D eigenvalue weighted by molar-refractivity contribution is 7.14. The summed E-state index contributed by atoms with van der Waals surface area (Å²) in [6.45, 7) is 0.803. The number of thiazole rings is 1. The van der Waals surface area contributed by atoms with Gasteiger partial charge in [-0.05, 0) is 0 Å². The van der Waals surface area contributed by atoms with Crippen LogP contribution in [0, 0.1) is 0 Å². The quantitative estimate of drug-likeness (QED) is 0.416. The molecule has 2 aromatic heterocycles. The molecule has 1 aromatic carbocycles. The molecule has 8 nitrogen and oxygen atoms in total. The first-order valence-electron chi connectivity index (χ1n) is 7.89. The summed E-state index contributed by atoms with van der Waals surface area (Å²) in [7, 11) is 0. The Morgan fingerprint density at radius 3 is 2.81 bits per heavy atom. The van der Waals surface area contributed by atoms with Crippen molar-refractivity contribution < 1.29 is 14.3 Å². The van der Waals surface area contributed by atoms with Crippen LogP contribution >= 0.6 is 11.3 Å². The molecule has 3 aromatic rings. The van der Waals surface area contributed by atoms with Gasteiger partial charge in [-0.15, -0.1) is 11.3 Å². The molecule has 3 heterocycles. The van der Waals surface area contributed by atoms with E-state index >= 15 is 0 Å². The molecule has 1 aliphatic heterocycles. The van der Waals surface area contributed by atoms with Crippen molar-refractivity contribution in [1.82, 2.24) is 14.9 Å². The molecule has 0 saturated heterocycles. The van der Waals surface area contributed by atoms with Crippen LogP contribution in [0.15, 0.2) is 46.4 Å². The molecule has 9 heteroatoms. The molecular formula is C17H15N5O3S. The minimum atomic E-state index is -0.915. The lowest BCUT2D eigenvalue weighted by atomic mass is 10.1. The Morgan fingerprint density at radius 1 is 1.35 bits per heavy atom. The highest BCUT2D eigenvalue weighted by Crippen LogP contribution is 2.28. The summed E-state index contributed by atoms with van der Waals surface area (Å²) in [5.41, 5.74) is 3.23. The topological polar surface area (TPSA) is 118 Å². The Bertz CT molecular complexity index is 963. The smallest absolute Gasteiger partial charge is 0.407 e. The molecule has 0 aliphatic carbocycles. The summed E-state index contributed by atoms with van der Waals surface area (Å²) in [6, 6.07) is 7.60. The Hall–Kier alpha value is -3.20. The standard InChI is InChI=1S/C17H15N5O3S/c18-21-15(11-3-1-10(2-4-11)13-7-19-9-25-13)16-20-12-5-6-22(17(23)24)8-14(12)26-16/h1-4,7,9H,5-6,8,18H2,(H,23,24)/b21-15-.